The first-order valence-electron chi connectivity index (χ1n) is 8.85. The second-order valence-electron chi connectivity index (χ2n) is 6.86. The number of aliphatic hydroxyl groups is 1. The summed E-state index contributed by atoms with van der Waals surface area (Å²) in [7, 11) is 0. The number of alkyl halides is 3. The molecule has 2 N–H and O–H groups in total. The van der Waals surface area contributed by atoms with E-state index in [2.05, 4.69) is 15.2 Å². The minimum absolute atomic E-state index is 0.307. The standard InChI is InChI=1S/C20H18F3N3O2/c21-20(22,23)19(27,10-13-8-9-28-18-7-2-1-4-14(13)18)12-24-16-5-3-6-17-15(16)11-25-26-17/h1-7,11-13,27H,8-10H2,(H,25,26)/b24-12-. The van der Waals surface area contributed by atoms with E-state index in [9.17, 15) is 18.3 Å². The van der Waals surface area contributed by atoms with E-state index in [1.54, 1.807) is 42.5 Å². The van der Waals surface area contributed by atoms with Crippen LogP contribution in [0.2, 0.25) is 0 Å². The number of fused-ring (bicyclic) bond motifs is 2. The van der Waals surface area contributed by atoms with Gasteiger partial charge in [-0.25, -0.2) is 0 Å². The van der Waals surface area contributed by atoms with Gasteiger partial charge in [0.05, 0.1) is 24.0 Å². The number of rotatable bonds is 4. The Morgan fingerprint density at radius 1 is 1.21 bits per heavy atom. The fraction of sp³-hybridized carbons (Fsp3) is 0.300. The first kappa shape index (κ1) is 18.5. The summed E-state index contributed by atoms with van der Waals surface area (Å²) in [5, 5.41) is 17.8. The fourth-order valence-electron chi connectivity index (χ4n) is 3.49. The summed E-state index contributed by atoms with van der Waals surface area (Å²) in [4.78, 5) is 3.98. The van der Waals surface area contributed by atoms with Crippen molar-refractivity contribution in [3.8, 4) is 5.75 Å². The third kappa shape index (κ3) is 3.35. The van der Waals surface area contributed by atoms with Crippen LogP contribution in [-0.2, 0) is 0 Å². The van der Waals surface area contributed by atoms with Crippen molar-refractivity contribution >= 4 is 22.8 Å². The molecule has 1 aromatic heterocycles. The Kier molecular flexibility index (Phi) is 4.58. The van der Waals surface area contributed by atoms with Crippen LogP contribution in [0.3, 0.4) is 0 Å². The van der Waals surface area contributed by atoms with E-state index in [-0.39, 0.29) is 0 Å². The molecular formula is C20H18F3N3O2. The molecule has 8 heteroatoms. The van der Waals surface area contributed by atoms with E-state index >= 15 is 0 Å². The molecule has 2 heterocycles. The Morgan fingerprint density at radius 3 is 2.86 bits per heavy atom. The van der Waals surface area contributed by atoms with Gasteiger partial charge in [-0.05, 0) is 42.5 Å². The molecule has 0 amide bonds. The molecule has 2 atom stereocenters. The Labute approximate surface area is 158 Å². The third-order valence-electron chi connectivity index (χ3n) is 5.01. The molecule has 2 aromatic carbocycles. The van der Waals surface area contributed by atoms with Crippen molar-refractivity contribution in [2.75, 3.05) is 6.61 Å². The number of H-pyrrole nitrogens is 1. The SMILES string of the molecule is OC(/C=N\c1cccc2[nH]ncc12)(CC1CCOc2ccccc21)C(F)(F)F. The van der Waals surface area contributed by atoms with Gasteiger partial charge in [0.2, 0.25) is 0 Å². The second kappa shape index (κ2) is 6.94. The van der Waals surface area contributed by atoms with E-state index < -0.39 is 24.1 Å². The Morgan fingerprint density at radius 2 is 2.04 bits per heavy atom. The van der Waals surface area contributed by atoms with Crippen LogP contribution < -0.4 is 4.74 Å². The summed E-state index contributed by atoms with van der Waals surface area (Å²) in [6, 6.07) is 12.0. The summed E-state index contributed by atoms with van der Waals surface area (Å²) in [5.41, 5.74) is -1.43. The molecule has 5 nitrogen and oxygen atoms in total. The number of nitrogens with one attached hydrogen (secondary N) is 1. The van der Waals surface area contributed by atoms with Crippen LogP contribution in [0.1, 0.15) is 24.3 Å². The number of benzene rings is 2. The molecule has 4 rings (SSSR count). The summed E-state index contributed by atoms with van der Waals surface area (Å²) < 4.78 is 46.9. The smallest absolute Gasteiger partial charge is 0.422 e. The highest BCUT2D eigenvalue weighted by Gasteiger charge is 2.54. The predicted molar refractivity (Wildman–Crippen MR) is 99.2 cm³/mol. The molecule has 0 fully saturated rings. The fourth-order valence-corrected chi connectivity index (χ4v) is 3.49. The van der Waals surface area contributed by atoms with Gasteiger partial charge in [-0.1, -0.05) is 24.3 Å². The van der Waals surface area contributed by atoms with Crippen molar-refractivity contribution in [2.24, 2.45) is 4.99 Å². The van der Waals surface area contributed by atoms with Gasteiger partial charge in [0, 0.05) is 11.6 Å². The zero-order valence-electron chi connectivity index (χ0n) is 14.8. The van der Waals surface area contributed by atoms with Crippen LogP contribution in [-0.4, -0.2) is 39.9 Å². The van der Waals surface area contributed by atoms with Crippen LogP contribution in [0.4, 0.5) is 18.9 Å². The summed E-state index contributed by atoms with van der Waals surface area (Å²) in [5.74, 6) is 0.0659. The lowest BCUT2D eigenvalue weighted by atomic mass is 9.82. The molecule has 0 bridgehead atoms. The number of halogens is 3. The zero-order chi connectivity index (χ0) is 19.8. The van der Waals surface area contributed by atoms with Gasteiger partial charge < -0.3 is 9.84 Å². The number of ether oxygens (including phenoxy) is 1. The molecule has 0 radical (unpaired) electrons. The number of hydrogen-bond acceptors (Lipinski definition) is 4. The number of aliphatic imine (C=N–C) groups is 1. The molecule has 1 aliphatic heterocycles. The van der Waals surface area contributed by atoms with Gasteiger partial charge in [0.1, 0.15) is 5.75 Å². The van der Waals surface area contributed by atoms with Crippen LogP contribution >= 0.6 is 0 Å². The minimum atomic E-state index is -4.87. The van der Waals surface area contributed by atoms with Gasteiger partial charge in [-0.15, -0.1) is 0 Å². The number of para-hydroxylation sites is 1. The maximum Gasteiger partial charge on any atom is 0.422 e. The monoisotopic (exact) mass is 389 g/mol. The zero-order valence-corrected chi connectivity index (χ0v) is 14.8. The lowest BCUT2D eigenvalue weighted by molar-refractivity contribution is -0.232. The Balaban J connectivity index is 1.67. The highest BCUT2D eigenvalue weighted by Crippen LogP contribution is 2.43. The predicted octanol–water partition coefficient (Wildman–Crippen LogP) is 4.52. The molecule has 0 aliphatic carbocycles. The van der Waals surface area contributed by atoms with Crippen molar-refractivity contribution < 1.29 is 23.0 Å². The van der Waals surface area contributed by atoms with Gasteiger partial charge >= 0.3 is 6.18 Å². The van der Waals surface area contributed by atoms with E-state index in [0.717, 1.165) is 0 Å². The van der Waals surface area contributed by atoms with Crippen molar-refractivity contribution in [3.63, 3.8) is 0 Å². The third-order valence-corrected chi connectivity index (χ3v) is 5.01. The molecule has 0 spiro atoms. The molecule has 2 unspecified atom stereocenters. The minimum Gasteiger partial charge on any atom is -0.493 e. The number of hydrogen-bond donors (Lipinski definition) is 2. The van der Waals surface area contributed by atoms with Gasteiger partial charge in [-0.2, -0.15) is 18.3 Å². The van der Waals surface area contributed by atoms with Gasteiger partial charge in [0.15, 0.2) is 5.60 Å². The summed E-state index contributed by atoms with van der Waals surface area (Å²) in [6.07, 6.45) is -2.91. The topological polar surface area (TPSA) is 70.5 Å². The van der Waals surface area contributed by atoms with Crippen LogP contribution in [0.15, 0.2) is 53.7 Å². The number of aromatic amines is 1. The molecule has 146 valence electrons. The van der Waals surface area contributed by atoms with Crippen LogP contribution in [0.25, 0.3) is 10.9 Å². The first-order valence-corrected chi connectivity index (χ1v) is 8.85. The number of nitrogens with zero attached hydrogens (tertiary/aromatic N) is 2. The molecule has 28 heavy (non-hydrogen) atoms. The number of aromatic nitrogens is 2. The Hall–Kier alpha value is -2.87. The summed E-state index contributed by atoms with van der Waals surface area (Å²) >= 11 is 0. The van der Waals surface area contributed by atoms with E-state index in [1.165, 1.54) is 6.20 Å². The van der Waals surface area contributed by atoms with E-state index in [4.69, 9.17) is 4.74 Å². The van der Waals surface area contributed by atoms with Gasteiger partial charge in [0.25, 0.3) is 0 Å². The van der Waals surface area contributed by atoms with E-state index in [1.807, 2.05) is 0 Å². The maximum atomic E-state index is 13.8. The molecule has 0 saturated heterocycles. The molecule has 1 aliphatic rings. The highest BCUT2D eigenvalue weighted by molar-refractivity contribution is 5.91. The van der Waals surface area contributed by atoms with Crippen molar-refractivity contribution in [3.05, 3.63) is 54.2 Å². The second-order valence-corrected chi connectivity index (χ2v) is 6.86. The normalized spacial score (nSPS) is 19.4. The van der Waals surface area contributed by atoms with Gasteiger partial charge in [-0.3, -0.25) is 10.1 Å². The molecule has 0 saturated carbocycles. The van der Waals surface area contributed by atoms with Crippen molar-refractivity contribution in [1.82, 2.24) is 10.2 Å². The highest BCUT2D eigenvalue weighted by atomic mass is 19.4. The molecule has 3 aromatic rings. The van der Waals surface area contributed by atoms with Crippen molar-refractivity contribution in [2.45, 2.75) is 30.5 Å². The van der Waals surface area contributed by atoms with Crippen LogP contribution in [0.5, 0.6) is 5.75 Å². The lowest BCUT2D eigenvalue weighted by Gasteiger charge is -2.33. The average molecular weight is 389 g/mol. The first-order chi connectivity index (χ1) is 13.4. The van der Waals surface area contributed by atoms with Crippen molar-refractivity contribution in [1.29, 1.82) is 0 Å². The maximum absolute atomic E-state index is 13.8. The quantitative estimate of drug-likeness (QED) is 0.645. The molecular weight excluding hydrogens is 371 g/mol. The largest absolute Gasteiger partial charge is 0.493 e. The lowest BCUT2D eigenvalue weighted by Crippen LogP contribution is -2.48. The Bertz CT molecular complexity index is 1020. The van der Waals surface area contributed by atoms with E-state index in [0.29, 0.717) is 47.1 Å². The van der Waals surface area contributed by atoms with Crippen LogP contribution in [0, 0.1) is 0 Å². The average Bonchev–Trinajstić information content (AvgIpc) is 3.15. The summed E-state index contributed by atoms with van der Waals surface area (Å²) in [6.45, 7) is 0.307.